The van der Waals surface area contributed by atoms with Gasteiger partial charge in [0.15, 0.2) is 5.03 Å². The van der Waals surface area contributed by atoms with Crippen LogP contribution in [0.5, 0.6) is 0 Å². The number of likely N-dealkylation sites (tertiary alicyclic amines) is 2. The van der Waals surface area contributed by atoms with Crippen molar-refractivity contribution in [2.45, 2.75) is 132 Å². The highest BCUT2D eigenvalue weighted by Crippen LogP contribution is 2.54. The Morgan fingerprint density at radius 2 is 1.09 bits per heavy atom. The Balaban J connectivity index is 0.000000229. The predicted octanol–water partition coefficient (Wildman–Crippen LogP) is 11.8. The first kappa shape index (κ1) is 61.5. The van der Waals surface area contributed by atoms with Crippen LogP contribution in [-0.2, 0) is 39.2 Å². The molecule has 21 heteroatoms. The summed E-state index contributed by atoms with van der Waals surface area (Å²) in [5.41, 5.74) is 0.937. The van der Waals surface area contributed by atoms with Gasteiger partial charge in [-0.2, -0.15) is 0 Å². The van der Waals surface area contributed by atoms with Crippen LogP contribution in [0.25, 0.3) is 0 Å². The Bertz CT molecular complexity index is 3250. The lowest BCUT2D eigenvalue weighted by Gasteiger charge is -2.52. The summed E-state index contributed by atoms with van der Waals surface area (Å²) in [5.74, 6) is -3.41. The number of hydrogen-bond acceptors (Lipinski definition) is 9. The summed E-state index contributed by atoms with van der Waals surface area (Å²) in [6.07, 6.45) is 3.36. The smallest absolute Gasteiger partial charge is 0.304 e. The first-order valence-electron chi connectivity index (χ1n) is 26.1. The van der Waals surface area contributed by atoms with Gasteiger partial charge in [-0.3, -0.25) is 19.2 Å². The fraction of sp³-hybridized carbons (Fsp3) is 0.431. The predicted molar refractivity (Wildman–Crippen MR) is 307 cm³/mol. The zero-order valence-corrected chi connectivity index (χ0v) is 49.5. The van der Waals surface area contributed by atoms with Gasteiger partial charge in [-0.1, -0.05) is 129 Å². The molecule has 2 saturated heterocycles. The SMILES string of the molecule is CCC(CN(C)S(=O)(=O)C1(C)CC1)N1C(=O)C(C)(CC(=O)O)CC(c2cccc(Cl)c2)C1c1ccc(Cl)cc1.CCC(CNS(=O)(=O)c1ccccn1)N1C(=O)C(C)(CC(=O)O)CC(c2cccc(Cl)c2)C1c1ccc(Cl)cc1. The van der Waals surface area contributed by atoms with Crippen LogP contribution in [-0.4, -0.2) is 107 Å². The van der Waals surface area contributed by atoms with Gasteiger partial charge in [0.2, 0.25) is 21.8 Å². The molecule has 3 aliphatic rings. The number of carboxylic acids is 2. The number of likely N-dealkylation sites (N-methyl/N-ethyl adjacent to an activating group) is 1. The maximum absolute atomic E-state index is 14.4. The molecule has 15 nitrogen and oxygen atoms in total. The number of piperidine rings is 2. The third kappa shape index (κ3) is 13.8. The third-order valence-electron chi connectivity index (χ3n) is 15.9. The highest BCUT2D eigenvalue weighted by Gasteiger charge is 2.56. The average molecular weight is 1200 g/mol. The number of hydrogen-bond donors (Lipinski definition) is 3. The van der Waals surface area contributed by atoms with Crippen molar-refractivity contribution >= 4 is 90.2 Å². The first-order chi connectivity index (χ1) is 37.2. The van der Waals surface area contributed by atoms with Gasteiger partial charge in [-0.25, -0.2) is 30.8 Å². The number of carbonyl (C=O) groups is 4. The van der Waals surface area contributed by atoms with E-state index < -0.39 is 71.7 Å². The van der Waals surface area contributed by atoms with E-state index >= 15 is 0 Å². The number of nitrogens with zero attached hydrogens (tertiary/aromatic N) is 4. The molecular formula is C58H67Cl4N5O10S2. The highest BCUT2D eigenvalue weighted by atomic mass is 35.5. The van der Waals surface area contributed by atoms with Crippen molar-refractivity contribution in [2.24, 2.45) is 10.8 Å². The largest absolute Gasteiger partial charge is 0.481 e. The van der Waals surface area contributed by atoms with E-state index in [1.165, 1.54) is 16.6 Å². The molecule has 0 radical (unpaired) electrons. The second-order valence-electron chi connectivity index (χ2n) is 21.8. The quantitative estimate of drug-likeness (QED) is 0.0667. The number of aliphatic carboxylic acids is 2. The van der Waals surface area contributed by atoms with Crippen LogP contribution in [0, 0.1) is 10.8 Å². The summed E-state index contributed by atoms with van der Waals surface area (Å²) in [6, 6.07) is 31.7. The van der Waals surface area contributed by atoms with Gasteiger partial charge in [0.1, 0.15) is 0 Å². The standard InChI is InChI=1S/C29H31Cl2N3O5S.C29H36Cl2N2O5S/c1-3-23(18-33-40(38,39)25-9-4-5-14-32-25)34-27(19-10-12-21(30)13-11-19)24(20-7-6-8-22(31)15-20)16-29(2,28(34)37)17-26(35)36;1-5-23(18-32(4)39(37,38)29(3)13-14-29)33-26(19-9-11-21(30)12-10-19)24(20-7-6-8-22(31)15-20)16-28(2,27(33)36)17-25(34)35/h4-15,23-24,27,33H,3,16-18H2,1-2H3,(H,35,36);6-12,15,23-24,26H,5,13-14,16-18H2,1-4H3,(H,34,35). The van der Waals surface area contributed by atoms with E-state index in [4.69, 9.17) is 46.4 Å². The van der Waals surface area contributed by atoms with Crippen molar-refractivity contribution in [3.05, 3.63) is 164 Å². The first-order valence-corrected chi connectivity index (χ1v) is 30.6. The lowest BCUT2D eigenvalue weighted by Crippen LogP contribution is -2.58. The third-order valence-corrected chi connectivity index (χ3v) is 20.8. The molecule has 3 N–H and O–H groups in total. The average Bonchev–Trinajstić information content (AvgIpc) is 4.29. The van der Waals surface area contributed by atoms with E-state index in [0.717, 1.165) is 22.3 Å². The molecule has 8 atom stereocenters. The minimum absolute atomic E-state index is 0.0867. The van der Waals surface area contributed by atoms with Gasteiger partial charge < -0.3 is 20.0 Å². The molecule has 424 valence electrons. The number of sulfonamides is 2. The lowest BCUT2D eigenvalue weighted by molar-refractivity contribution is -0.160. The number of halogens is 4. The second-order valence-corrected chi connectivity index (χ2v) is 27.8. The molecule has 8 rings (SSSR count). The lowest BCUT2D eigenvalue weighted by atomic mass is 9.67. The van der Waals surface area contributed by atoms with Crippen molar-refractivity contribution in [1.29, 1.82) is 0 Å². The zero-order valence-electron chi connectivity index (χ0n) is 44.9. The van der Waals surface area contributed by atoms with Crippen molar-refractivity contribution in [3.63, 3.8) is 0 Å². The van der Waals surface area contributed by atoms with E-state index in [9.17, 15) is 46.2 Å². The maximum Gasteiger partial charge on any atom is 0.304 e. The van der Waals surface area contributed by atoms with E-state index in [1.54, 1.807) is 86.1 Å². The number of carboxylic acid groups (broad SMARTS) is 2. The van der Waals surface area contributed by atoms with E-state index in [0.29, 0.717) is 52.2 Å². The molecule has 2 amide bonds. The highest BCUT2D eigenvalue weighted by molar-refractivity contribution is 7.90. The molecule has 1 saturated carbocycles. The fourth-order valence-corrected chi connectivity index (χ4v) is 14.8. The monoisotopic (exact) mass is 1200 g/mol. The number of aromatic nitrogens is 1. The Kier molecular flexibility index (Phi) is 19.4. The number of carbonyl (C=O) groups excluding carboxylic acids is 2. The van der Waals surface area contributed by atoms with Crippen LogP contribution < -0.4 is 4.72 Å². The molecular weight excluding hydrogens is 1130 g/mol. The summed E-state index contributed by atoms with van der Waals surface area (Å²) in [4.78, 5) is 60.0. The van der Waals surface area contributed by atoms with Crippen molar-refractivity contribution in [1.82, 2.24) is 23.8 Å². The molecule has 4 aromatic carbocycles. The topological polar surface area (TPSA) is 212 Å². The van der Waals surface area contributed by atoms with E-state index in [1.807, 2.05) is 74.5 Å². The Morgan fingerprint density at radius 3 is 1.47 bits per heavy atom. The molecule has 79 heavy (non-hydrogen) atoms. The van der Waals surface area contributed by atoms with Gasteiger partial charge >= 0.3 is 11.9 Å². The molecule has 2 aliphatic heterocycles. The van der Waals surface area contributed by atoms with Crippen molar-refractivity contribution in [2.75, 3.05) is 20.1 Å². The Morgan fingerprint density at radius 1 is 0.646 bits per heavy atom. The number of pyridine rings is 1. The molecule has 5 aromatic rings. The summed E-state index contributed by atoms with van der Waals surface area (Å²) in [7, 11) is -5.96. The Hall–Kier alpha value is -5.11. The molecule has 0 bridgehead atoms. The zero-order chi connectivity index (χ0) is 57.8. The fourth-order valence-electron chi connectivity index (χ4n) is 11.4. The van der Waals surface area contributed by atoms with E-state index in [2.05, 4.69) is 9.71 Å². The number of amides is 2. The van der Waals surface area contributed by atoms with Gasteiger partial charge in [-0.15, -0.1) is 0 Å². The summed E-state index contributed by atoms with van der Waals surface area (Å²) in [5, 5.41) is 21.6. The summed E-state index contributed by atoms with van der Waals surface area (Å²) >= 11 is 25.2. The number of benzene rings is 4. The second kappa shape index (κ2) is 24.9. The molecule has 1 aliphatic carbocycles. The number of nitrogens with one attached hydrogen (secondary N) is 1. The van der Waals surface area contributed by atoms with Crippen LogP contribution in [0.3, 0.4) is 0 Å². The summed E-state index contributed by atoms with van der Waals surface area (Å²) < 4.78 is 55.9. The van der Waals surface area contributed by atoms with Crippen LogP contribution in [0.4, 0.5) is 0 Å². The Labute approximate surface area is 483 Å². The van der Waals surface area contributed by atoms with Gasteiger partial charge in [0.05, 0.1) is 40.5 Å². The maximum atomic E-state index is 14.4. The minimum Gasteiger partial charge on any atom is -0.481 e. The summed E-state index contributed by atoms with van der Waals surface area (Å²) in [6.45, 7) is 8.92. The molecule has 8 unspecified atom stereocenters. The number of rotatable bonds is 20. The van der Waals surface area contributed by atoms with Crippen LogP contribution in [0.2, 0.25) is 20.1 Å². The van der Waals surface area contributed by atoms with Crippen molar-refractivity contribution in [3.8, 4) is 0 Å². The normalized spacial score (nSPS) is 23.8. The molecule has 3 heterocycles. The van der Waals surface area contributed by atoms with Crippen LogP contribution in [0.15, 0.2) is 126 Å². The van der Waals surface area contributed by atoms with Crippen LogP contribution >= 0.6 is 46.4 Å². The molecule has 3 fully saturated rings. The molecule has 1 aromatic heterocycles. The van der Waals surface area contributed by atoms with E-state index in [-0.39, 0.29) is 61.0 Å². The van der Waals surface area contributed by atoms with Gasteiger partial charge in [-0.05, 0) is 128 Å². The molecule has 0 spiro atoms. The van der Waals surface area contributed by atoms with Crippen LogP contribution in [0.1, 0.15) is 132 Å². The van der Waals surface area contributed by atoms with Gasteiger partial charge in [0.25, 0.3) is 10.0 Å². The van der Waals surface area contributed by atoms with Crippen molar-refractivity contribution < 1.29 is 46.2 Å². The minimum atomic E-state index is -3.96. The van der Waals surface area contributed by atoms with Gasteiger partial charge in [0, 0.05) is 70.3 Å².